The van der Waals surface area contributed by atoms with Gasteiger partial charge < -0.3 is 5.73 Å². The second-order valence-electron chi connectivity index (χ2n) is 2.54. The molecule has 0 radical (unpaired) electrons. The van der Waals surface area contributed by atoms with E-state index < -0.39 is 29.5 Å². The van der Waals surface area contributed by atoms with Crippen LogP contribution in [0.3, 0.4) is 0 Å². The monoisotopic (exact) mass is 212 g/mol. The van der Waals surface area contributed by atoms with Crippen molar-refractivity contribution in [2.24, 2.45) is 5.73 Å². The van der Waals surface area contributed by atoms with E-state index in [0.29, 0.717) is 12.3 Å². The summed E-state index contributed by atoms with van der Waals surface area (Å²) in [5.74, 6) is -2.46. The van der Waals surface area contributed by atoms with Crippen LogP contribution in [0.2, 0.25) is 0 Å². The smallest absolute Gasteiger partial charge is 0.315 e. The van der Waals surface area contributed by atoms with Crippen LogP contribution >= 0.6 is 0 Å². The van der Waals surface area contributed by atoms with E-state index in [-0.39, 0.29) is 0 Å². The summed E-state index contributed by atoms with van der Waals surface area (Å²) in [6, 6.07) is -2.24. The molecule has 78 valence electrons. The summed E-state index contributed by atoms with van der Waals surface area (Å²) in [7, 11) is 0. The lowest BCUT2D eigenvalue weighted by Gasteiger charge is -2.15. The van der Waals surface area contributed by atoms with Crippen molar-refractivity contribution in [3.05, 3.63) is 29.6 Å². The highest BCUT2D eigenvalue weighted by molar-refractivity contribution is 5.13. The molecule has 1 atom stereocenters. The van der Waals surface area contributed by atoms with Crippen molar-refractivity contribution in [2.75, 3.05) is 0 Å². The van der Waals surface area contributed by atoms with Crippen LogP contribution in [-0.2, 0) is 0 Å². The Morgan fingerprint density at radius 1 is 1.29 bits per heavy atom. The number of pyridine rings is 1. The SMILES string of the molecule is NC(c1ncc(F)cc1F)C(F)(F)F. The van der Waals surface area contributed by atoms with E-state index in [1.54, 1.807) is 0 Å². The molecule has 0 fully saturated rings. The molecule has 0 saturated carbocycles. The lowest BCUT2D eigenvalue weighted by molar-refractivity contribution is -0.150. The summed E-state index contributed by atoms with van der Waals surface area (Å²) >= 11 is 0. The molecule has 0 bridgehead atoms. The van der Waals surface area contributed by atoms with Gasteiger partial charge in [-0.2, -0.15) is 13.2 Å². The second kappa shape index (κ2) is 3.49. The first-order chi connectivity index (χ1) is 6.32. The van der Waals surface area contributed by atoms with Crippen LogP contribution in [-0.4, -0.2) is 11.2 Å². The van der Waals surface area contributed by atoms with Gasteiger partial charge in [-0.15, -0.1) is 0 Å². The maximum atomic E-state index is 12.7. The van der Waals surface area contributed by atoms with Crippen LogP contribution < -0.4 is 5.73 Å². The van der Waals surface area contributed by atoms with Gasteiger partial charge in [0.2, 0.25) is 0 Å². The minimum absolute atomic E-state index is 0.300. The largest absolute Gasteiger partial charge is 0.409 e. The zero-order chi connectivity index (χ0) is 10.9. The van der Waals surface area contributed by atoms with Gasteiger partial charge >= 0.3 is 6.18 Å². The first-order valence-electron chi connectivity index (χ1n) is 3.45. The Bertz CT molecular complexity index is 335. The Balaban J connectivity index is 3.08. The van der Waals surface area contributed by atoms with Gasteiger partial charge in [0.05, 0.1) is 6.20 Å². The summed E-state index contributed by atoms with van der Waals surface area (Å²) in [5, 5.41) is 0. The molecule has 0 aromatic carbocycles. The van der Waals surface area contributed by atoms with E-state index >= 15 is 0 Å². The molecule has 0 aliphatic carbocycles. The van der Waals surface area contributed by atoms with E-state index in [1.165, 1.54) is 0 Å². The van der Waals surface area contributed by atoms with E-state index in [9.17, 15) is 22.0 Å². The van der Waals surface area contributed by atoms with E-state index in [0.717, 1.165) is 0 Å². The molecule has 2 nitrogen and oxygen atoms in total. The number of hydrogen-bond acceptors (Lipinski definition) is 2. The lowest BCUT2D eigenvalue weighted by atomic mass is 10.2. The molecule has 14 heavy (non-hydrogen) atoms. The standard InChI is InChI=1S/C7H5F5N2/c8-3-1-4(9)5(14-2-3)6(13)7(10,11)12/h1-2,6H,13H2. The maximum Gasteiger partial charge on any atom is 0.409 e. The zero-order valence-corrected chi connectivity index (χ0v) is 6.65. The van der Waals surface area contributed by atoms with Crippen molar-refractivity contribution >= 4 is 0 Å². The van der Waals surface area contributed by atoms with Crippen LogP contribution in [0, 0.1) is 11.6 Å². The fourth-order valence-electron chi connectivity index (χ4n) is 0.809. The molecule has 2 N–H and O–H groups in total. The van der Waals surface area contributed by atoms with Gasteiger partial charge in [-0.25, -0.2) is 8.78 Å². The van der Waals surface area contributed by atoms with Gasteiger partial charge in [0.15, 0.2) is 0 Å². The van der Waals surface area contributed by atoms with Crippen molar-refractivity contribution in [1.29, 1.82) is 0 Å². The van der Waals surface area contributed by atoms with Crippen molar-refractivity contribution in [3.63, 3.8) is 0 Å². The maximum absolute atomic E-state index is 12.7. The summed E-state index contributed by atoms with van der Waals surface area (Å²) in [4.78, 5) is 2.95. The highest BCUT2D eigenvalue weighted by Crippen LogP contribution is 2.30. The summed E-state index contributed by atoms with van der Waals surface area (Å²) < 4.78 is 61.0. The van der Waals surface area contributed by atoms with Crippen molar-refractivity contribution in [1.82, 2.24) is 4.98 Å². The number of hydrogen-bond donors (Lipinski definition) is 1. The minimum atomic E-state index is -4.80. The van der Waals surface area contributed by atoms with E-state index in [4.69, 9.17) is 0 Å². The molecule has 0 amide bonds. The third-order valence-electron chi connectivity index (χ3n) is 1.48. The second-order valence-corrected chi connectivity index (χ2v) is 2.54. The first kappa shape index (κ1) is 10.8. The molecule has 1 heterocycles. The number of rotatable bonds is 1. The quantitative estimate of drug-likeness (QED) is 0.722. The molecule has 0 saturated heterocycles. The molecule has 7 heteroatoms. The Labute approximate surface area is 75.5 Å². The van der Waals surface area contributed by atoms with E-state index in [2.05, 4.69) is 10.7 Å². The van der Waals surface area contributed by atoms with Gasteiger partial charge in [-0.1, -0.05) is 0 Å². The predicted molar refractivity (Wildman–Crippen MR) is 37.1 cm³/mol. The molecular formula is C7H5F5N2. The fourth-order valence-corrected chi connectivity index (χ4v) is 0.809. The molecule has 0 spiro atoms. The molecule has 0 aliphatic rings. The van der Waals surface area contributed by atoms with Gasteiger partial charge in [0, 0.05) is 6.07 Å². The average molecular weight is 212 g/mol. The third-order valence-corrected chi connectivity index (χ3v) is 1.48. The number of nitrogens with two attached hydrogens (primary N) is 1. The zero-order valence-electron chi connectivity index (χ0n) is 6.65. The molecule has 1 aromatic rings. The topological polar surface area (TPSA) is 38.9 Å². The van der Waals surface area contributed by atoms with Gasteiger partial charge in [0.25, 0.3) is 0 Å². The highest BCUT2D eigenvalue weighted by Gasteiger charge is 2.40. The van der Waals surface area contributed by atoms with Crippen molar-refractivity contribution in [2.45, 2.75) is 12.2 Å². The average Bonchev–Trinajstić information content (AvgIpc) is 2.01. The van der Waals surface area contributed by atoms with Crippen LogP contribution in [0.15, 0.2) is 12.3 Å². The van der Waals surface area contributed by atoms with Crippen LogP contribution in [0.4, 0.5) is 22.0 Å². The molecular weight excluding hydrogens is 207 g/mol. The number of nitrogens with zero attached hydrogens (tertiary/aromatic N) is 1. The number of halogens is 5. The predicted octanol–water partition coefficient (Wildman–Crippen LogP) is 1.92. The first-order valence-corrected chi connectivity index (χ1v) is 3.45. The van der Waals surface area contributed by atoms with Crippen LogP contribution in [0.25, 0.3) is 0 Å². The van der Waals surface area contributed by atoms with E-state index in [1.807, 2.05) is 0 Å². The van der Waals surface area contributed by atoms with Crippen molar-refractivity contribution in [3.8, 4) is 0 Å². The highest BCUT2D eigenvalue weighted by atomic mass is 19.4. The summed E-state index contributed by atoms with van der Waals surface area (Å²) in [5.41, 5.74) is 3.66. The number of alkyl halides is 3. The number of aromatic nitrogens is 1. The summed E-state index contributed by atoms with van der Waals surface area (Å²) in [6.45, 7) is 0. The van der Waals surface area contributed by atoms with Gasteiger partial charge in [-0.3, -0.25) is 4.98 Å². The summed E-state index contributed by atoms with van der Waals surface area (Å²) in [6.07, 6.45) is -4.32. The Hall–Kier alpha value is -1.24. The minimum Gasteiger partial charge on any atom is -0.315 e. The molecule has 1 aromatic heterocycles. The fraction of sp³-hybridized carbons (Fsp3) is 0.286. The molecule has 1 unspecified atom stereocenters. The van der Waals surface area contributed by atoms with Crippen molar-refractivity contribution < 1.29 is 22.0 Å². The molecule has 1 rings (SSSR count). The lowest BCUT2D eigenvalue weighted by Crippen LogP contribution is -2.30. The normalized spacial score (nSPS) is 14.1. The molecule has 0 aliphatic heterocycles. The third kappa shape index (κ3) is 2.16. The Kier molecular flexibility index (Phi) is 2.70. The van der Waals surface area contributed by atoms with Gasteiger partial charge in [0.1, 0.15) is 23.4 Å². The van der Waals surface area contributed by atoms with Gasteiger partial charge in [-0.05, 0) is 0 Å². The van der Waals surface area contributed by atoms with Crippen LogP contribution in [0.1, 0.15) is 11.7 Å². The Morgan fingerprint density at radius 3 is 2.29 bits per heavy atom. The van der Waals surface area contributed by atoms with Crippen LogP contribution in [0.5, 0.6) is 0 Å². The Morgan fingerprint density at radius 2 is 1.86 bits per heavy atom.